The van der Waals surface area contributed by atoms with Crippen LogP contribution in [0.3, 0.4) is 0 Å². The number of nitrogens with one attached hydrogen (secondary N) is 3. The molecule has 2 aromatic heterocycles. The molecule has 0 atom stereocenters. The van der Waals surface area contributed by atoms with E-state index in [2.05, 4.69) is 25.8 Å². The molecule has 0 saturated heterocycles. The van der Waals surface area contributed by atoms with Crippen LogP contribution >= 0.6 is 0 Å². The third-order valence-corrected chi connectivity index (χ3v) is 6.13. The van der Waals surface area contributed by atoms with Gasteiger partial charge in [0.05, 0.1) is 0 Å². The Morgan fingerprint density at radius 2 is 2.00 bits per heavy atom. The van der Waals surface area contributed by atoms with Gasteiger partial charge in [0.15, 0.2) is 5.82 Å². The molecule has 0 spiro atoms. The summed E-state index contributed by atoms with van der Waals surface area (Å²) < 4.78 is 0. The minimum atomic E-state index is -0.0573. The van der Waals surface area contributed by atoms with Gasteiger partial charge in [-0.15, -0.1) is 0 Å². The van der Waals surface area contributed by atoms with E-state index in [1.165, 1.54) is 19.3 Å². The number of carbonyl (C=O) groups is 2. The fraction of sp³-hybridized carbons (Fsp3) is 0.545. The number of nitrogens with zero attached hydrogens (tertiary/aromatic N) is 2. The van der Waals surface area contributed by atoms with E-state index in [1.54, 1.807) is 12.4 Å². The minimum Gasteiger partial charge on any atom is -0.353 e. The summed E-state index contributed by atoms with van der Waals surface area (Å²) in [4.78, 5) is 28.6. The highest BCUT2D eigenvalue weighted by Crippen LogP contribution is 2.37. The summed E-state index contributed by atoms with van der Waals surface area (Å²) in [5, 5.41) is 13.3. The molecule has 2 saturated carbocycles. The molecule has 2 aliphatic carbocycles. The number of aromatic amines is 1. The molecule has 3 N–H and O–H groups in total. The van der Waals surface area contributed by atoms with Gasteiger partial charge < -0.3 is 10.6 Å². The molecule has 154 valence electrons. The second kappa shape index (κ2) is 9.20. The Morgan fingerprint density at radius 3 is 2.76 bits per heavy atom. The quantitative estimate of drug-likeness (QED) is 0.669. The van der Waals surface area contributed by atoms with Gasteiger partial charge in [0.25, 0.3) is 0 Å². The number of amides is 2. The Labute approximate surface area is 171 Å². The predicted octanol–water partition coefficient (Wildman–Crippen LogP) is 3.32. The number of hydrogen-bond donors (Lipinski definition) is 3. The average molecular weight is 396 g/mol. The number of hydrogen-bond acceptors (Lipinski definition) is 4. The molecular formula is C22H29N5O2. The van der Waals surface area contributed by atoms with Crippen molar-refractivity contribution in [2.45, 2.75) is 69.7 Å². The molecular weight excluding hydrogens is 366 g/mol. The van der Waals surface area contributed by atoms with E-state index in [9.17, 15) is 9.59 Å². The molecule has 0 radical (unpaired) electrons. The molecule has 7 nitrogen and oxygen atoms in total. The average Bonchev–Trinajstić information content (AvgIpc) is 3.17. The lowest BCUT2D eigenvalue weighted by Gasteiger charge is -2.36. The first-order valence-electron chi connectivity index (χ1n) is 10.7. The molecule has 0 unspecified atom stereocenters. The Morgan fingerprint density at radius 1 is 1.17 bits per heavy atom. The van der Waals surface area contributed by atoms with E-state index in [1.807, 2.05) is 18.2 Å². The summed E-state index contributed by atoms with van der Waals surface area (Å²) in [5.74, 6) is 1.31. The molecule has 2 amide bonds. The van der Waals surface area contributed by atoms with Crippen molar-refractivity contribution in [1.29, 1.82) is 0 Å². The molecule has 29 heavy (non-hydrogen) atoms. The van der Waals surface area contributed by atoms with Gasteiger partial charge in [0, 0.05) is 48.5 Å². The van der Waals surface area contributed by atoms with Crippen LogP contribution in [0, 0.1) is 5.92 Å². The number of aryl methyl sites for hydroxylation is 1. The van der Waals surface area contributed by atoms with Gasteiger partial charge in [-0.2, -0.15) is 5.10 Å². The third kappa shape index (κ3) is 5.22. The van der Waals surface area contributed by atoms with E-state index < -0.39 is 0 Å². The highest BCUT2D eigenvalue weighted by Gasteiger charge is 2.34. The lowest BCUT2D eigenvalue weighted by atomic mass is 9.77. The topological polar surface area (TPSA) is 99.8 Å². The highest BCUT2D eigenvalue weighted by molar-refractivity contribution is 5.89. The van der Waals surface area contributed by atoms with Crippen molar-refractivity contribution in [3.05, 3.63) is 41.9 Å². The monoisotopic (exact) mass is 395 g/mol. The molecule has 2 aromatic rings. The van der Waals surface area contributed by atoms with Crippen molar-refractivity contribution in [2.24, 2.45) is 5.92 Å². The molecule has 2 heterocycles. The summed E-state index contributed by atoms with van der Waals surface area (Å²) in [6.45, 7) is 0. The van der Waals surface area contributed by atoms with E-state index in [0.717, 1.165) is 36.9 Å². The summed E-state index contributed by atoms with van der Waals surface area (Å²) in [6.07, 6.45) is 12.1. The van der Waals surface area contributed by atoms with Crippen LogP contribution in [0.25, 0.3) is 0 Å². The molecule has 7 heteroatoms. The van der Waals surface area contributed by atoms with Crippen LogP contribution in [0.5, 0.6) is 0 Å². The van der Waals surface area contributed by atoms with Crippen LogP contribution in [0.4, 0.5) is 5.82 Å². The van der Waals surface area contributed by atoms with Crippen molar-refractivity contribution >= 4 is 17.6 Å². The van der Waals surface area contributed by atoms with Crippen molar-refractivity contribution < 1.29 is 9.59 Å². The maximum atomic E-state index is 12.4. The second-order valence-corrected chi connectivity index (χ2v) is 8.33. The standard InChI is InChI=1S/C22H29N5O2/c28-21(9-8-15-5-4-10-23-14-15)25-20-13-19(26-27-20)17-11-18(12-17)24-22(29)16-6-2-1-3-7-16/h4-5,10,13-14,16-18H,1-3,6-9,11-12H2,(H,24,29)(H2,25,26,27,28). The largest absolute Gasteiger partial charge is 0.353 e. The first-order chi connectivity index (χ1) is 14.2. The minimum absolute atomic E-state index is 0.0573. The van der Waals surface area contributed by atoms with Gasteiger partial charge in [0.1, 0.15) is 0 Å². The van der Waals surface area contributed by atoms with Gasteiger partial charge in [-0.3, -0.25) is 19.7 Å². The van der Waals surface area contributed by atoms with Crippen molar-refractivity contribution in [3.8, 4) is 0 Å². The van der Waals surface area contributed by atoms with Crippen molar-refractivity contribution in [1.82, 2.24) is 20.5 Å². The predicted molar refractivity (Wildman–Crippen MR) is 110 cm³/mol. The van der Waals surface area contributed by atoms with Crippen LogP contribution in [0.2, 0.25) is 0 Å². The molecule has 2 fully saturated rings. The zero-order valence-corrected chi connectivity index (χ0v) is 16.7. The normalized spacial score (nSPS) is 21.9. The van der Waals surface area contributed by atoms with Gasteiger partial charge in [-0.05, 0) is 43.7 Å². The SMILES string of the molecule is O=C(CCc1cccnc1)Nc1cc(C2CC(NC(=O)C3CCCCC3)C2)[nH]n1. The zero-order chi connectivity index (χ0) is 20.1. The molecule has 2 aliphatic rings. The van der Waals surface area contributed by atoms with E-state index in [-0.39, 0.29) is 23.8 Å². The Bertz CT molecular complexity index is 823. The van der Waals surface area contributed by atoms with Crippen molar-refractivity contribution in [2.75, 3.05) is 5.32 Å². The Balaban J connectivity index is 1.19. The first kappa shape index (κ1) is 19.6. The fourth-order valence-corrected chi connectivity index (χ4v) is 4.29. The van der Waals surface area contributed by atoms with Gasteiger partial charge >= 0.3 is 0 Å². The number of aromatic nitrogens is 3. The lowest BCUT2D eigenvalue weighted by Crippen LogP contribution is -2.46. The van der Waals surface area contributed by atoms with E-state index in [4.69, 9.17) is 0 Å². The summed E-state index contributed by atoms with van der Waals surface area (Å²) in [5.41, 5.74) is 2.07. The number of pyridine rings is 1. The molecule has 0 aliphatic heterocycles. The third-order valence-electron chi connectivity index (χ3n) is 6.13. The highest BCUT2D eigenvalue weighted by atomic mass is 16.2. The van der Waals surface area contributed by atoms with Crippen LogP contribution < -0.4 is 10.6 Å². The van der Waals surface area contributed by atoms with Gasteiger partial charge in [0.2, 0.25) is 11.8 Å². The Hall–Kier alpha value is -2.70. The summed E-state index contributed by atoms with van der Waals surface area (Å²) in [7, 11) is 0. The zero-order valence-electron chi connectivity index (χ0n) is 16.7. The number of anilines is 1. The summed E-state index contributed by atoms with van der Waals surface area (Å²) in [6, 6.07) is 6.01. The maximum Gasteiger partial charge on any atom is 0.225 e. The molecule has 4 rings (SSSR count). The van der Waals surface area contributed by atoms with Crippen LogP contribution in [-0.2, 0) is 16.0 Å². The van der Waals surface area contributed by atoms with Gasteiger partial charge in [-0.1, -0.05) is 25.3 Å². The van der Waals surface area contributed by atoms with Crippen LogP contribution in [-0.4, -0.2) is 33.0 Å². The second-order valence-electron chi connectivity index (χ2n) is 8.33. The van der Waals surface area contributed by atoms with E-state index >= 15 is 0 Å². The fourth-order valence-electron chi connectivity index (χ4n) is 4.29. The van der Waals surface area contributed by atoms with Crippen LogP contribution in [0.1, 0.15) is 68.5 Å². The summed E-state index contributed by atoms with van der Waals surface area (Å²) >= 11 is 0. The van der Waals surface area contributed by atoms with E-state index in [0.29, 0.717) is 24.6 Å². The first-order valence-corrected chi connectivity index (χ1v) is 10.7. The number of H-pyrrole nitrogens is 1. The van der Waals surface area contributed by atoms with Gasteiger partial charge in [-0.25, -0.2) is 0 Å². The molecule has 0 aromatic carbocycles. The Kier molecular flexibility index (Phi) is 6.22. The smallest absolute Gasteiger partial charge is 0.225 e. The molecule has 0 bridgehead atoms. The number of rotatable bonds is 7. The lowest BCUT2D eigenvalue weighted by molar-refractivity contribution is -0.127. The number of carbonyl (C=O) groups excluding carboxylic acids is 2. The maximum absolute atomic E-state index is 12.4. The van der Waals surface area contributed by atoms with Crippen molar-refractivity contribution in [3.63, 3.8) is 0 Å². The van der Waals surface area contributed by atoms with Crippen LogP contribution in [0.15, 0.2) is 30.6 Å².